The summed E-state index contributed by atoms with van der Waals surface area (Å²) in [5, 5.41) is 3.70. The summed E-state index contributed by atoms with van der Waals surface area (Å²) in [6.45, 7) is 7.96. The number of nitrogens with one attached hydrogen (secondary N) is 1. The Morgan fingerprint density at radius 1 is 1.33 bits per heavy atom. The SMILES string of the molecule is CCCC(CC)NCC1(C)C=CC=CC1. The van der Waals surface area contributed by atoms with Gasteiger partial charge in [-0.25, -0.2) is 0 Å². The van der Waals surface area contributed by atoms with E-state index in [0.717, 1.165) is 6.54 Å². The van der Waals surface area contributed by atoms with Crippen molar-refractivity contribution in [2.45, 2.75) is 52.5 Å². The highest BCUT2D eigenvalue weighted by molar-refractivity contribution is 5.16. The third-order valence-electron chi connectivity index (χ3n) is 3.25. The zero-order chi connectivity index (χ0) is 11.1. The van der Waals surface area contributed by atoms with E-state index in [0.29, 0.717) is 11.5 Å². The minimum atomic E-state index is 0.329. The maximum atomic E-state index is 3.70. The van der Waals surface area contributed by atoms with Crippen LogP contribution in [0.15, 0.2) is 24.3 Å². The molecule has 1 N–H and O–H groups in total. The van der Waals surface area contributed by atoms with Crippen molar-refractivity contribution >= 4 is 0 Å². The van der Waals surface area contributed by atoms with Crippen LogP contribution in [0.1, 0.15) is 46.5 Å². The van der Waals surface area contributed by atoms with Gasteiger partial charge < -0.3 is 5.32 Å². The molecule has 0 spiro atoms. The molecule has 0 aromatic carbocycles. The van der Waals surface area contributed by atoms with E-state index in [1.54, 1.807) is 0 Å². The van der Waals surface area contributed by atoms with E-state index in [1.165, 1.54) is 25.7 Å². The summed E-state index contributed by atoms with van der Waals surface area (Å²) in [6, 6.07) is 0.700. The van der Waals surface area contributed by atoms with Gasteiger partial charge in [0.05, 0.1) is 0 Å². The molecule has 0 radical (unpaired) electrons. The highest BCUT2D eigenvalue weighted by atomic mass is 14.9. The van der Waals surface area contributed by atoms with E-state index >= 15 is 0 Å². The zero-order valence-corrected chi connectivity index (χ0v) is 10.4. The second-order valence-corrected chi connectivity index (χ2v) is 4.92. The van der Waals surface area contributed by atoms with Gasteiger partial charge in [0.25, 0.3) is 0 Å². The summed E-state index contributed by atoms with van der Waals surface area (Å²) in [5.74, 6) is 0. The second kappa shape index (κ2) is 6.12. The van der Waals surface area contributed by atoms with Gasteiger partial charge in [0.2, 0.25) is 0 Å². The van der Waals surface area contributed by atoms with Gasteiger partial charge in [-0.1, -0.05) is 51.5 Å². The minimum Gasteiger partial charge on any atom is -0.313 e. The molecule has 0 bridgehead atoms. The molecule has 0 aliphatic heterocycles. The molecule has 1 aliphatic rings. The monoisotopic (exact) mass is 207 g/mol. The van der Waals surface area contributed by atoms with Crippen molar-refractivity contribution in [1.82, 2.24) is 5.32 Å². The summed E-state index contributed by atoms with van der Waals surface area (Å²) in [6.07, 6.45) is 13.9. The molecule has 0 amide bonds. The van der Waals surface area contributed by atoms with Crippen molar-refractivity contribution in [2.75, 3.05) is 6.54 Å². The summed E-state index contributed by atoms with van der Waals surface area (Å²) in [7, 11) is 0. The quantitative estimate of drug-likeness (QED) is 0.700. The fourth-order valence-electron chi connectivity index (χ4n) is 2.08. The standard InChI is InChI=1S/C14H25N/c1-4-9-13(5-2)15-12-14(3)10-7-6-8-11-14/h6-8,10,13,15H,4-5,9,11-12H2,1-3H3. The van der Waals surface area contributed by atoms with Gasteiger partial charge >= 0.3 is 0 Å². The Balaban J connectivity index is 2.34. The lowest BCUT2D eigenvalue weighted by Crippen LogP contribution is -2.37. The lowest BCUT2D eigenvalue weighted by Gasteiger charge is -2.29. The van der Waals surface area contributed by atoms with Crippen LogP contribution in [0.25, 0.3) is 0 Å². The molecule has 0 aromatic heterocycles. The van der Waals surface area contributed by atoms with Crippen LogP contribution in [-0.4, -0.2) is 12.6 Å². The zero-order valence-electron chi connectivity index (χ0n) is 10.4. The van der Waals surface area contributed by atoms with Gasteiger partial charge in [-0.15, -0.1) is 0 Å². The molecule has 1 nitrogen and oxygen atoms in total. The van der Waals surface area contributed by atoms with Crippen LogP contribution in [0.3, 0.4) is 0 Å². The van der Waals surface area contributed by atoms with Crippen molar-refractivity contribution in [2.24, 2.45) is 5.41 Å². The molecule has 0 saturated carbocycles. The van der Waals surface area contributed by atoms with Crippen LogP contribution < -0.4 is 5.32 Å². The fourth-order valence-corrected chi connectivity index (χ4v) is 2.08. The van der Waals surface area contributed by atoms with Gasteiger partial charge in [-0.05, 0) is 19.3 Å². The number of hydrogen-bond acceptors (Lipinski definition) is 1. The molecule has 0 heterocycles. The van der Waals surface area contributed by atoms with Gasteiger partial charge in [0, 0.05) is 18.0 Å². The van der Waals surface area contributed by atoms with Crippen LogP contribution in [-0.2, 0) is 0 Å². The van der Waals surface area contributed by atoms with E-state index in [2.05, 4.69) is 50.4 Å². The topological polar surface area (TPSA) is 12.0 Å². The van der Waals surface area contributed by atoms with Gasteiger partial charge in [0.15, 0.2) is 0 Å². The molecule has 86 valence electrons. The molecular weight excluding hydrogens is 182 g/mol. The molecular formula is C14H25N. The van der Waals surface area contributed by atoms with Crippen molar-refractivity contribution in [3.8, 4) is 0 Å². The van der Waals surface area contributed by atoms with Gasteiger partial charge in [-0.3, -0.25) is 0 Å². The largest absolute Gasteiger partial charge is 0.313 e. The summed E-state index contributed by atoms with van der Waals surface area (Å²) < 4.78 is 0. The van der Waals surface area contributed by atoms with E-state index in [-0.39, 0.29) is 0 Å². The van der Waals surface area contributed by atoms with E-state index < -0.39 is 0 Å². The lowest BCUT2D eigenvalue weighted by atomic mass is 9.83. The molecule has 2 atom stereocenters. The Bertz CT molecular complexity index is 229. The average Bonchev–Trinajstić information content (AvgIpc) is 2.25. The molecule has 2 unspecified atom stereocenters. The highest BCUT2D eigenvalue weighted by Crippen LogP contribution is 2.26. The summed E-state index contributed by atoms with van der Waals surface area (Å²) in [4.78, 5) is 0. The first kappa shape index (κ1) is 12.5. The number of rotatable bonds is 6. The van der Waals surface area contributed by atoms with Crippen LogP contribution in [0.5, 0.6) is 0 Å². The maximum absolute atomic E-state index is 3.70. The maximum Gasteiger partial charge on any atom is 0.00646 e. The third-order valence-corrected chi connectivity index (χ3v) is 3.25. The van der Waals surface area contributed by atoms with E-state index in [4.69, 9.17) is 0 Å². The summed E-state index contributed by atoms with van der Waals surface area (Å²) in [5.41, 5.74) is 0.329. The first-order chi connectivity index (χ1) is 7.20. The molecule has 0 aromatic rings. The van der Waals surface area contributed by atoms with Crippen molar-refractivity contribution in [3.63, 3.8) is 0 Å². The predicted octanol–water partition coefficient (Wildman–Crippen LogP) is 3.68. The molecule has 1 aliphatic carbocycles. The molecule has 1 rings (SSSR count). The first-order valence-electron chi connectivity index (χ1n) is 6.28. The Morgan fingerprint density at radius 2 is 2.13 bits per heavy atom. The fraction of sp³-hybridized carbons (Fsp3) is 0.714. The first-order valence-corrected chi connectivity index (χ1v) is 6.28. The van der Waals surface area contributed by atoms with E-state index in [9.17, 15) is 0 Å². The highest BCUT2D eigenvalue weighted by Gasteiger charge is 2.21. The second-order valence-electron chi connectivity index (χ2n) is 4.92. The van der Waals surface area contributed by atoms with Crippen LogP contribution in [0.2, 0.25) is 0 Å². The lowest BCUT2D eigenvalue weighted by molar-refractivity contribution is 0.348. The Labute approximate surface area is 94.6 Å². The average molecular weight is 207 g/mol. The van der Waals surface area contributed by atoms with Crippen molar-refractivity contribution in [1.29, 1.82) is 0 Å². The summed E-state index contributed by atoms with van der Waals surface area (Å²) >= 11 is 0. The molecule has 1 heteroatoms. The number of allylic oxidation sites excluding steroid dienone is 3. The van der Waals surface area contributed by atoms with Crippen LogP contribution in [0.4, 0.5) is 0 Å². The Kier molecular flexibility index (Phi) is 5.10. The van der Waals surface area contributed by atoms with Gasteiger partial charge in [0.1, 0.15) is 0 Å². The number of hydrogen-bond donors (Lipinski definition) is 1. The smallest absolute Gasteiger partial charge is 0.00646 e. The van der Waals surface area contributed by atoms with Crippen LogP contribution in [0, 0.1) is 5.41 Å². The normalized spacial score (nSPS) is 26.9. The predicted molar refractivity (Wildman–Crippen MR) is 68.0 cm³/mol. The Morgan fingerprint density at radius 3 is 2.67 bits per heavy atom. The van der Waals surface area contributed by atoms with Crippen molar-refractivity contribution < 1.29 is 0 Å². The molecule has 0 fully saturated rings. The minimum absolute atomic E-state index is 0.329. The third kappa shape index (κ3) is 4.21. The van der Waals surface area contributed by atoms with Crippen LogP contribution >= 0.6 is 0 Å². The van der Waals surface area contributed by atoms with Crippen molar-refractivity contribution in [3.05, 3.63) is 24.3 Å². The van der Waals surface area contributed by atoms with Gasteiger partial charge in [-0.2, -0.15) is 0 Å². The molecule has 15 heavy (non-hydrogen) atoms. The van der Waals surface area contributed by atoms with E-state index in [1.807, 2.05) is 0 Å². The Hall–Kier alpha value is -0.560. The molecule has 0 saturated heterocycles.